The average molecular weight is 249 g/mol. The summed E-state index contributed by atoms with van der Waals surface area (Å²) in [5, 5.41) is 11.3. The molecule has 0 bridgehead atoms. The van der Waals surface area contributed by atoms with E-state index in [1.165, 1.54) is 6.07 Å². The number of aromatic nitrogens is 1. The molecule has 0 aliphatic heterocycles. The molecule has 0 radical (unpaired) electrons. The number of nitro groups is 1. The van der Waals surface area contributed by atoms with Crippen LogP contribution in [-0.2, 0) is 0 Å². The lowest BCUT2D eigenvalue weighted by Crippen LogP contribution is -1.90. The van der Waals surface area contributed by atoms with Gasteiger partial charge in [-0.05, 0) is 23.7 Å². The number of nitrogens with zero attached hydrogens (tertiary/aromatic N) is 2. The van der Waals surface area contributed by atoms with Crippen LogP contribution in [0.15, 0.2) is 12.1 Å². The van der Waals surface area contributed by atoms with Gasteiger partial charge in [0, 0.05) is 5.39 Å². The Bertz CT molecular complexity index is 526. The van der Waals surface area contributed by atoms with Crippen LogP contribution in [0, 0.1) is 10.1 Å². The maximum Gasteiger partial charge on any atom is 0.315 e. The first kappa shape index (κ1) is 9.64. The van der Waals surface area contributed by atoms with E-state index in [0.29, 0.717) is 9.72 Å². The van der Waals surface area contributed by atoms with Crippen LogP contribution in [-0.4, -0.2) is 9.30 Å². The van der Waals surface area contributed by atoms with Gasteiger partial charge >= 0.3 is 5.69 Å². The van der Waals surface area contributed by atoms with Crippen LogP contribution in [0.5, 0.6) is 0 Å². The molecule has 0 amide bonds. The van der Waals surface area contributed by atoms with E-state index in [1.807, 2.05) is 0 Å². The highest BCUT2D eigenvalue weighted by Gasteiger charge is 2.20. The summed E-state index contributed by atoms with van der Waals surface area (Å²) in [5.41, 5.74) is 0.0600. The second-order valence-corrected chi connectivity index (χ2v) is 4.29. The fourth-order valence-corrected chi connectivity index (χ4v) is 2.21. The number of hydrogen-bond acceptors (Lipinski definition) is 4. The van der Waals surface area contributed by atoms with Crippen molar-refractivity contribution in [2.75, 3.05) is 0 Å². The second kappa shape index (κ2) is 3.34. The minimum Gasteiger partial charge on any atom is -0.258 e. The van der Waals surface area contributed by atoms with E-state index < -0.39 is 4.92 Å². The van der Waals surface area contributed by atoms with Gasteiger partial charge in [0.2, 0.25) is 0 Å². The van der Waals surface area contributed by atoms with Crippen LogP contribution in [0.4, 0.5) is 5.69 Å². The molecule has 1 heterocycles. The summed E-state index contributed by atoms with van der Waals surface area (Å²) >= 11 is 12.5. The highest BCUT2D eigenvalue weighted by Crippen LogP contribution is 2.37. The van der Waals surface area contributed by atoms with Gasteiger partial charge in [-0.1, -0.05) is 23.2 Å². The zero-order valence-corrected chi connectivity index (χ0v) is 8.86. The first-order valence-electron chi connectivity index (χ1n) is 3.49. The minimum absolute atomic E-state index is 0.0736. The van der Waals surface area contributed by atoms with E-state index in [0.717, 1.165) is 11.5 Å². The largest absolute Gasteiger partial charge is 0.315 e. The quantitative estimate of drug-likeness (QED) is 0.573. The first-order chi connectivity index (χ1) is 6.61. The van der Waals surface area contributed by atoms with Crippen molar-refractivity contribution in [3.8, 4) is 0 Å². The van der Waals surface area contributed by atoms with Crippen LogP contribution in [0.1, 0.15) is 0 Å². The number of nitro benzene ring substituents is 1. The standard InChI is InChI=1S/C7H2Cl2N2O2S/c8-4-2-1-3-5(6(4)11(12)13)10-14-7(3)9/h1-2H. The Morgan fingerprint density at radius 1 is 1.43 bits per heavy atom. The lowest BCUT2D eigenvalue weighted by atomic mass is 10.2. The van der Waals surface area contributed by atoms with Crippen molar-refractivity contribution in [2.45, 2.75) is 0 Å². The molecule has 0 saturated carbocycles. The Balaban J connectivity index is 2.90. The van der Waals surface area contributed by atoms with Gasteiger partial charge in [-0.15, -0.1) is 0 Å². The van der Waals surface area contributed by atoms with Crippen molar-refractivity contribution in [1.29, 1.82) is 0 Å². The monoisotopic (exact) mass is 248 g/mol. The molecule has 0 N–H and O–H groups in total. The van der Waals surface area contributed by atoms with Crippen molar-refractivity contribution in [1.82, 2.24) is 4.37 Å². The third kappa shape index (κ3) is 1.33. The van der Waals surface area contributed by atoms with Crippen molar-refractivity contribution in [3.63, 3.8) is 0 Å². The molecule has 0 saturated heterocycles. The van der Waals surface area contributed by atoms with Gasteiger partial charge in [0.15, 0.2) is 5.52 Å². The van der Waals surface area contributed by atoms with Crippen molar-refractivity contribution < 1.29 is 4.92 Å². The van der Waals surface area contributed by atoms with Crippen LogP contribution in [0.3, 0.4) is 0 Å². The van der Waals surface area contributed by atoms with Gasteiger partial charge in [0.1, 0.15) is 9.36 Å². The number of hydrogen-bond donors (Lipinski definition) is 0. The topological polar surface area (TPSA) is 56.0 Å². The number of rotatable bonds is 1. The summed E-state index contributed by atoms with van der Waals surface area (Å²) in [6.07, 6.45) is 0. The summed E-state index contributed by atoms with van der Waals surface area (Å²) in [7, 11) is 0. The van der Waals surface area contributed by atoms with E-state index in [4.69, 9.17) is 23.2 Å². The van der Waals surface area contributed by atoms with Crippen molar-refractivity contribution in [3.05, 3.63) is 31.6 Å². The molecule has 0 fully saturated rings. The first-order valence-corrected chi connectivity index (χ1v) is 5.02. The van der Waals surface area contributed by atoms with Gasteiger partial charge in [-0.25, -0.2) is 0 Å². The SMILES string of the molecule is O=[N+]([O-])c1c(Cl)ccc2c(Cl)snc12. The van der Waals surface area contributed by atoms with Crippen LogP contribution < -0.4 is 0 Å². The van der Waals surface area contributed by atoms with Gasteiger partial charge in [-0.2, -0.15) is 4.37 Å². The fourth-order valence-electron chi connectivity index (χ4n) is 1.11. The van der Waals surface area contributed by atoms with Gasteiger partial charge < -0.3 is 0 Å². The van der Waals surface area contributed by atoms with Crippen LogP contribution in [0.25, 0.3) is 10.9 Å². The summed E-state index contributed by atoms with van der Waals surface area (Å²) in [6.45, 7) is 0. The zero-order valence-electron chi connectivity index (χ0n) is 6.53. The molecule has 0 atom stereocenters. The molecule has 72 valence electrons. The van der Waals surface area contributed by atoms with Crippen molar-refractivity contribution in [2.24, 2.45) is 0 Å². The lowest BCUT2D eigenvalue weighted by Gasteiger charge is -1.95. The van der Waals surface area contributed by atoms with E-state index >= 15 is 0 Å². The molecular formula is C7H2Cl2N2O2S. The summed E-state index contributed by atoms with van der Waals surface area (Å²) in [5.74, 6) is 0. The summed E-state index contributed by atoms with van der Waals surface area (Å²) in [4.78, 5) is 10.1. The minimum atomic E-state index is -0.555. The molecule has 2 rings (SSSR count). The molecule has 1 aromatic heterocycles. The van der Waals surface area contributed by atoms with Gasteiger partial charge in [0.05, 0.1) is 4.92 Å². The normalized spacial score (nSPS) is 10.7. The Morgan fingerprint density at radius 3 is 2.79 bits per heavy atom. The lowest BCUT2D eigenvalue weighted by molar-refractivity contribution is -0.383. The zero-order chi connectivity index (χ0) is 10.3. The highest BCUT2D eigenvalue weighted by molar-refractivity contribution is 7.12. The Hall–Kier alpha value is -0.910. The fraction of sp³-hybridized carbons (Fsp3) is 0. The molecule has 0 aliphatic rings. The predicted octanol–water partition coefficient (Wildman–Crippen LogP) is 3.51. The Kier molecular flexibility index (Phi) is 2.30. The molecule has 14 heavy (non-hydrogen) atoms. The number of benzene rings is 1. The van der Waals surface area contributed by atoms with Gasteiger partial charge in [-0.3, -0.25) is 10.1 Å². The maximum atomic E-state index is 10.7. The summed E-state index contributed by atoms with van der Waals surface area (Å²) in [6, 6.07) is 3.07. The smallest absolute Gasteiger partial charge is 0.258 e. The van der Waals surface area contributed by atoms with Gasteiger partial charge in [0.25, 0.3) is 0 Å². The molecule has 7 heteroatoms. The van der Waals surface area contributed by atoms with Crippen LogP contribution >= 0.6 is 34.7 Å². The van der Waals surface area contributed by atoms with Crippen LogP contribution in [0.2, 0.25) is 9.36 Å². The molecule has 2 aromatic rings. The predicted molar refractivity (Wildman–Crippen MR) is 56.3 cm³/mol. The van der Waals surface area contributed by atoms with E-state index in [9.17, 15) is 10.1 Å². The molecule has 0 unspecified atom stereocenters. The maximum absolute atomic E-state index is 10.7. The highest BCUT2D eigenvalue weighted by atomic mass is 35.5. The Labute approximate surface area is 92.4 Å². The third-order valence-corrected chi connectivity index (χ3v) is 3.08. The number of halogens is 2. The Morgan fingerprint density at radius 2 is 2.14 bits per heavy atom. The third-order valence-electron chi connectivity index (χ3n) is 1.71. The molecular weight excluding hydrogens is 247 g/mol. The molecule has 0 aliphatic carbocycles. The van der Waals surface area contributed by atoms with E-state index in [2.05, 4.69) is 4.37 Å². The second-order valence-electron chi connectivity index (χ2n) is 2.51. The van der Waals surface area contributed by atoms with Crippen molar-refractivity contribution >= 4 is 51.3 Å². The van der Waals surface area contributed by atoms with E-state index in [-0.39, 0.29) is 16.2 Å². The molecule has 0 spiro atoms. The molecule has 4 nitrogen and oxygen atoms in total. The average Bonchev–Trinajstić information content (AvgIpc) is 2.47. The van der Waals surface area contributed by atoms with E-state index in [1.54, 1.807) is 6.07 Å². The molecule has 1 aromatic carbocycles. The number of fused-ring (bicyclic) bond motifs is 1. The summed E-state index contributed by atoms with van der Waals surface area (Å²) < 4.78 is 4.31.